The summed E-state index contributed by atoms with van der Waals surface area (Å²) >= 11 is 0.996. The summed E-state index contributed by atoms with van der Waals surface area (Å²) in [6.45, 7) is 1.44. The average Bonchev–Trinajstić information content (AvgIpc) is 3.68. The molecule has 0 aliphatic carbocycles. The Bertz CT molecular complexity index is 1630. The van der Waals surface area contributed by atoms with Crippen molar-refractivity contribution in [1.29, 1.82) is 0 Å². The summed E-state index contributed by atoms with van der Waals surface area (Å²) in [7, 11) is 0. The molecule has 0 saturated heterocycles. The van der Waals surface area contributed by atoms with Gasteiger partial charge in [-0.05, 0) is 67.6 Å². The number of halogens is 3. The lowest BCUT2D eigenvalue weighted by molar-refractivity contribution is -0.137. The van der Waals surface area contributed by atoms with Crippen LogP contribution in [0.5, 0.6) is 0 Å². The monoisotopic (exact) mass is 552 g/mol. The predicted molar refractivity (Wildman–Crippen MR) is 137 cm³/mol. The van der Waals surface area contributed by atoms with E-state index < -0.39 is 11.7 Å². The number of nitrogens with one attached hydrogen (secondary N) is 2. The van der Waals surface area contributed by atoms with E-state index in [0.29, 0.717) is 28.4 Å². The molecule has 0 unspecified atom stereocenters. The fraction of sp³-hybridized carbons (Fsp3) is 0.115. The second-order valence-electron chi connectivity index (χ2n) is 8.30. The number of furan rings is 1. The van der Waals surface area contributed by atoms with Crippen molar-refractivity contribution in [3.63, 3.8) is 0 Å². The van der Waals surface area contributed by atoms with Gasteiger partial charge in [-0.1, -0.05) is 17.8 Å². The fourth-order valence-corrected chi connectivity index (χ4v) is 4.45. The largest absolute Gasteiger partial charge is 0.463 e. The van der Waals surface area contributed by atoms with Crippen LogP contribution < -0.4 is 5.32 Å². The molecule has 0 aliphatic rings. The first-order valence-corrected chi connectivity index (χ1v) is 12.4. The second-order valence-corrected chi connectivity index (χ2v) is 9.25. The summed E-state index contributed by atoms with van der Waals surface area (Å²) in [5.41, 5.74) is 1.16. The summed E-state index contributed by atoms with van der Waals surface area (Å²) in [5, 5.41) is 18.3. The number of carbonyl (C=O) groups is 2. The number of aromatic amines is 1. The zero-order valence-corrected chi connectivity index (χ0v) is 21.0. The number of Topliss-reactive ketones (excluding diaryl/α,β-unsaturated/α-hetero) is 1. The van der Waals surface area contributed by atoms with Gasteiger partial charge >= 0.3 is 6.18 Å². The molecule has 0 spiro atoms. The number of benzene rings is 2. The molecule has 5 rings (SSSR count). The minimum Gasteiger partial charge on any atom is -0.463 e. The van der Waals surface area contributed by atoms with Gasteiger partial charge < -0.3 is 9.73 Å². The standard InChI is InChI=1S/C26H19F3N6O3S/c1-15(36)16-7-9-18(10-8-16)30-23(37)14-39-25-34-33-24(21-13-20(31-32-21)22-6-3-11-38-22)35(25)19-5-2-4-17(12-19)26(27,28)29/h2-13H,14H2,1H3,(H,30,37)(H,31,32). The number of rotatable bonds is 8. The second kappa shape index (κ2) is 10.6. The molecule has 2 aromatic carbocycles. The van der Waals surface area contributed by atoms with Gasteiger partial charge in [0.2, 0.25) is 5.91 Å². The minimum absolute atomic E-state index is 0.0960. The Hall–Kier alpha value is -4.65. The van der Waals surface area contributed by atoms with Crippen LogP contribution in [0.1, 0.15) is 22.8 Å². The molecule has 3 heterocycles. The lowest BCUT2D eigenvalue weighted by Gasteiger charge is -2.12. The highest BCUT2D eigenvalue weighted by molar-refractivity contribution is 7.99. The van der Waals surface area contributed by atoms with Crippen LogP contribution in [0.4, 0.5) is 18.9 Å². The van der Waals surface area contributed by atoms with Crippen molar-refractivity contribution in [2.45, 2.75) is 18.3 Å². The van der Waals surface area contributed by atoms with Crippen LogP contribution in [0.25, 0.3) is 28.7 Å². The predicted octanol–water partition coefficient (Wildman–Crippen LogP) is 5.87. The molecule has 9 nitrogen and oxygen atoms in total. The van der Waals surface area contributed by atoms with E-state index >= 15 is 0 Å². The number of hydrogen-bond donors (Lipinski definition) is 2. The van der Waals surface area contributed by atoms with Crippen molar-refractivity contribution in [2.24, 2.45) is 0 Å². The lowest BCUT2D eigenvalue weighted by Crippen LogP contribution is -2.14. The van der Waals surface area contributed by atoms with E-state index in [1.165, 1.54) is 29.9 Å². The molecule has 0 radical (unpaired) electrons. The maximum absolute atomic E-state index is 13.5. The smallest absolute Gasteiger partial charge is 0.416 e. The molecule has 1 amide bonds. The normalized spacial score (nSPS) is 11.5. The third-order valence-corrected chi connectivity index (χ3v) is 6.50. The number of H-pyrrole nitrogens is 1. The van der Waals surface area contributed by atoms with Crippen LogP contribution in [0.15, 0.2) is 82.6 Å². The zero-order chi connectivity index (χ0) is 27.6. The number of thioether (sulfide) groups is 1. The zero-order valence-electron chi connectivity index (χ0n) is 20.2. The van der Waals surface area contributed by atoms with Crippen molar-refractivity contribution in [3.05, 3.63) is 84.1 Å². The summed E-state index contributed by atoms with van der Waals surface area (Å²) in [4.78, 5) is 24.1. The molecule has 2 N–H and O–H groups in total. The third kappa shape index (κ3) is 5.77. The number of hydrogen-bond acceptors (Lipinski definition) is 7. The molecule has 0 bridgehead atoms. The first-order valence-electron chi connectivity index (χ1n) is 11.5. The number of amides is 1. The van der Waals surface area contributed by atoms with Crippen LogP contribution >= 0.6 is 11.8 Å². The van der Waals surface area contributed by atoms with Gasteiger partial charge in [0.1, 0.15) is 11.4 Å². The van der Waals surface area contributed by atoms with Crippen molar-refractivity contribution >= 4 is 29.1 Å². The highest BCUT2D eigenvalue weighted by Gasteiger charge is 2.31. The van der Waals surface area contributed by atoms with Crippen LogP contribution in [0, 0.1) is 0 Å². The molecule has 3 aromatic heterocycles. The maximum Gasteiger partial charge on any atom is 0.416 e. The Morgan fingerprint density at radius 2 is 1.85 bits per heavy atom. The molecule has 198 valence electrons. The van der Waals surface area contributed by atoms with E-state index in [0.717, 1.165) is 23.9 Å². The fourth-order valence-electron chi connectivity index (χ4n) is 3.69. The highest BCUT2D eigenvalue weighted by Crippen LogP contribution is 2.34. The Labute approximate surface area is 223 Å². The van der Waals surface area contributed by atoms with Crippen molar-refractivity contribution in [2.75, 3.05) is 11.1 Å². The Kier molecular flexibility index (Phi) is 7.07. The Morgan fingerprint density at radius 1 is 1.05 bits per heavy atom. The SMILES string of the molecule is CC(=O)c1ccc(NC(=O)CSc2nnc(-c3cc(-c4ccco4)[nH]n3)n2-c2cccc(C(F)(F)F)c2)cc1. The summed E-state index contributed by atoms with van der Waals surface area (Å²) in [6.07, 6.45) is -3.06. The minimum atomic E-state index is -4.56. The van der Waals surface area contributed by atoms with Gasteiger partial charge in [-0.15, -0.1) is 10.2 Å². The quantitative estimate of drug-likeness (QED) is 0.183. The first-order chi connectivity index (χ1) is 18.7. The number of nitrogens with zero attached hydrogens (tertiary/aromatic N) is 4. The number of alkyl halides is 3. The van der Waals surface area contributed by atoms with Gasteiger partial charge in [-0.25, -0.2) is 0 Å². The molecular weight excluding hydrogens is 533 g/mol. The van der Waals surface area contributed by atoms with Crippen LogP contribution in [-0.4, -0.2) is 42.4 Å². The molecule has 0 fully saturated rings. The molecular formula is C26H19F3N6O3S. The van der Waals surface area contributed by atoms with Gasteiger partial charge in [-0.2, -0.15) is 18.3 Å². The van der Waals surface area contributed by atoms with Gasteiger partial charge in [0.15, 0.2) is 22.5 Å². The van der Waals surface area contributed by atoms with Crippen molar-refractivity contribution in [1.82, 2.24) is 25.0 Å². The highest BCUT2D eigenvalue weighted by atomic mass is 32.2. The van der Waals surface area contributed by atoms with Gasteiger partial charge in [0.05, 0.1) is 23.3 Å². The first kappa shape index (κ1) is 26.0. The number of carbonyl (C=O) groups excluding carboxylic acids is 2. The van der Waals surface area contributed by atoms with E-state index in [2.05, 4.69) is 25.7 Å². The van der Waals surface area contributed by atoms with Crippen molar-refractivity contribution in [3.8, 4) is 28.7 Å². The molecule has 39 heavy (non-hydrogen) atoms. The van der Waals surface area contributed by atoms with Gasteiger partial charge in [0, 0.05) is 11.3 Å². The summed E-state index contributed by atoms with van der Waals surface area (Å²) in [5.74, 6) is 0.105. The summed E-state index contributed by atoms with van der Waals surface area (Å²) < 4.78 is 47.2. The average molecular weight is 553 g/mol. The molecule has 0 atom stereocenters. The summed E-state index contributed by atoms with van der Waals surface area (Å²) in [6, 6.07) is 16.2. The van der Waals surface area contributed by atoms with Gasteiger partial charge in [0.25, 0.3) is 0 Å². The maximum atomic E-state index is 13.5. The molecule has 0 aliphatic heterocycles. The van der Waals surface area contributed by atoms with E-state index in [9.17, 15) is 22.8 Å². The lowest BCUT2D eigenvalue weighted by atomic mass is 10.1. The Morgan fingerprint density at radius 3 is 2.54 bits per heavy atom. The molecule has 13 heteroatoms. The van der Waals surface area contributed by atoms with Gasteiger partial charge in [-0.3, -0.25) is 19.3 Å². The van der Waals surface area contributed by atoms with E-state index in [1.807, 2.05) is 0 Å². The number of aromatic nitrogens is 5. The molecule has 5 aromatic rings. The van der Waals surface area contributed by atoms with E-state index in [1.54, 1.807) is 42.5 Å². The molecule has 0 saturated carbocycles. The number of ketones is 1. The van der Waals surface area contributed by atoms with Crippen molar-refractivity contribution < 1.29 is 27.2 Å². The van der Waals surface area contributed by atoms with Crippen LogP contribution in [0.3, 0.4) is 0 Å². The van der Waals surface area contributed by atoms with Crippen LogP contribution in [0.2, 0.25) is 0 Å². The van der Waals surface area contributed by atoms with E-state index in [4.69, 9.17) is 4.42 Å². The van der Waals surface area contributed by atoms with E-state index in [-0.39, 0.29) is 34.1 Å². The number of anilines is 1. The topological polar surface area (TPSA) is 119 Å². The third-order valence-electron chi connectivity index (χ3n) is 5.57. The Balaban J connectivity index is 1.44. The van der Waals surface area contributed by atoms with Crippen LogP contribution in [-0.2, 0) is 11.0 Å².